The van der Waals surface area contributed by atoms with E-state index < -0.39 is 12.0 Å². The number of nitrogens with zero attached hydrogens (tertiary/aromatic N) is 1. The van der Waals surface area contributed by atoms with Crippen molar-refractivity contribution < 1.29 is 14.3 Å². The summed E-state index contributed by atoms with van der Waals surface area (Å²) >= 11 is 0. The van der Waals surface area contributed by atoms with Gasteiger partial charge in [0.15, 0.2) is 0 Å². The molecule has 0 aliphatic carbocycles. The fourth-order valence-corrected chi connectivity index (χ4v) is 2.86. The highest BCUT2D eigenvalue weighted by Gasteiger charge is 2.31. The summed E-state index contributed by atoms with van der Waals surface area (Å²) in [7, 11) is 0. The lowest BCUT2D eigenvalue weighted by molar-refractivity contribution is -0.144. The van der Waals surface area contributed by atoms with Crippen LogP contribution in [0, 0.1) is 5.82 Å². The maximum Gasteiger partial charge on any atom is 0.321 e. The van der Waals surface area contributed by atoms with Gasteiger partial charge >= 0.3 is 5.97 Å². The van der Waals surface area contributed by atoms with Gasteiger partial charge in [-0.25, -0.2) is 4.39 Å². The molecule has 0 radical (unpaired) electrons. The highest BCUT2D eigenvalue weighted by Crippen LogP contribution is 2.25. The molecular formula is C17H16FNO2. The van der Waals surface area contributed by atoms with Crippen LogP contribution in [0.5, 0.6) is 0 Å². The molecule has 1 atom stereocenters. The Morgan fingerprint density at radius 1 is 1.19 bits per heavy atom. The van der Waals surface area contributed by atoms with Gasteiger partial charge in [-0.15, -0.1) is 0 Å². The fraction of sp³-hybridized carbons (Fsp3) is 0.235. The number of hydrogen-bond donors (Lipinski definition) is 1. The number of carboxylic acids is 1. The lowest BCUT2D eigenvalue weighted by atomic mass is 9.93. The second-order valence-electron chi connectivity index (χ2n) is 5.36. The Morgan fingerprint density at radius 3 is 2.67 bits per heavy atom. The molecule has 0 bridgehead atoms. The minimum absolute atomic E-state index is 0.295. The van der Waals surface area contributed by atoms with Gasteiger partial charge in [0.25, 0.3) is 0 Å². The zero-order valence-electron chi connectivity index (χ0n) is 11.5. The Hall–Kier alpha value is -2.20. The number of rotatable bonds is 3. The molecule has 3 rings (SSSR count). The van der Waals surface area contributed by atoms with Crippen LogP contribution in [0.15, 0.2) is 48.5 Å². The third-order valence-corrected chi connectivity index (χ3v) is 3.91. The van der Waals surface area contributed by atoms with Crippen molar-refractivity contribution in [2.75, 3.05) is 0 Å². The van der Waals surface area contributed by atoms with E-state index in [0.717, 1.165) is 16.7 Å². The van der Waals surface area contributed by atoms with Crippen molar-refractivity contribution in [1.82, 2.24) is 4.90 Å². The molecule has 1 aliphatic rings. The third kappa shape index (κ3) is 2.95. The smallest absolute Gasteiger partial charge is 0.321 e. The largest absolute Gasteiger partial charge is 0.480 e. The number of carboxylic acid groups (broad SMARTS) is 1. The molecule has 1 N–H and O–H groups in total. The summed E-state index contributed by atoms with van der Waals surface area (Å²) in [4.78, 5) is 13.4. The van der Waals surface area contributed by atoms with Crippen LogP contribution in [0.4, 0.5) is 4.39 Å². The number of hydrogen-bond acceptors (Lipinski definition) is 2. The monoisotopic (exact) mass is 285 g/mol. The van der Waals surface area contributed by atoms with Crippen LogP contribution in [0.3, 0.4) is 0 Å². The van der Waals surface area contributed by atoms with Gasteiger partial charge in [0.05, 0.1) is 0 Å². The average Bonchev–Trinajstić information content (AvgIpc) is 2.46. The molecular weight excluding hydrogens is 269 g/mol. The topological polar surface area (TPSA) is 40.5 Å². The SMILES string of the molecule is O=C(O)[C@@H]1Cc2ccccc2CN1Cc1cccc(F)c1. The first-order valence-corrected chi connectivity index (χ1v) is 6.91. The van der Waals surface area contributed by atoms with Crippen molar-refractivity contribution in [1.29, 1.82) is 0 Å². The van der Waals surface area contributed by atoms with E-state index >= 15 is 0 Å². The molecule has 0 fully saturated rings. The van der Waals surface area contributed by atoms with Crippen LogP contribution in [0.1, 0.15) is 16.7 Å². The van der Waals surface area contributed by atoms with Gasteiger partial charge in [-0.3, -0.25) is 9.69 Å². The van der Waals surface area contributed by atoms with Crippen LogP contribution < -0.4 is 0 Å². The Balaban J connectivity index is 1.87. The van der Waals surface area contributed by atoms with Crippen molar-refractivity contribution in [2.45, 2.75) is 25.6 Å². The molecule has 2 aromatic carbocycles. The predicted octanol–water partition coefficient (Wildman–Crippen LogP) is 2.84. The first kappa shape index (κ1) is 13.8. The van der Waals surface area contributed by atoms with Crippen molar-refractivity contribution in [2.24, 2.45) is 0 Å². The van der Waals surface area contributed by atoms with E-state index in [2.05, 4.69) is 0 Å². The lowest BCUT2D eigenvalue weighted by Gasteiger charge is -2.34. The quantitative estimate of drug-likeness (QED) is 0.942. The summed E-state index contributed by atoms with van der Waals surface area (Å²) in [6.07, 6.45) is 0.487. The predicted molar refractivity (Wildman–Crippen MR) is 77.2 cm³/mol. The van der Waals surface area contributed by atoms with E-state index in [9.17, 15) is 14.3 Å². The van der Waals surface area contributed by atoms with E-state index in [0.29, 0.717) is 19.5 Å². The maximum absolute atomic E-state index is 13.3. The summed E-state index contributed by atoms with van der Waals surface area (Å²) < 4.78 is 13.3. The minimum Gasteiger partial charge on any atom is -0.480 e. The zero-order chi connectivity index (χ0) is 14.8. The number of aliphatic carboxylic acids is 1. The van der Waals surface area contributed by atoms with Gasteiger partial charge in [-0.2, -0.15) is 0 Å². The summed E-state index contributed by atoms with van der Waals surface area (Å²) in [6, 6.07) is 13.6. The van der Waals surface area contributed by atoms with E-state index in [4.69, 9.17) is 0 Å². The standard InChI is InChI=1S/C17H16FNO2/c18-15-7-3-4-12(8-15)10-19-11-14-6-2-1-5-13(14)9-16(19)17(20)21/h1-8,16H,9-11H2,(H,20,21)/t16-/m0/s1. The molecule has 1 aliphatic heterocycles. The Morgan fingerprint density at radius 2 is 1.95 bits per heavy atom. The van der Waals surface area contributed by atoms with Crippen LogP contribution in [-0.4, -0.2) is 22.0 Å². The molecule has 4 heteroatoms. The second kappa shape index (κ2) is 5.66. The molecule has 0 aromatic heterocycles. The molecule has 0 unspecified atom stereocenters. The maximum atomic E-state index is 13.3. The Kier molecular flexibility index (Phi) is 3.71. The van der Waals surface area contributed by atoms with Crippen LogP contribution in [0.25, 0.3) is 0 Å². The summed E-state index contributed by atoms with van der Waals surface area (Å²) in [5, 5.41) is 9.45. The molecule has 0 saturated carbocycles. The molecule has 1 heterocycles. The third-order valence-electron chi connectivity index (χ3n) is 3.91. The van der Waals surface area contributed by atoms with Crippen LogP contribution in [0.2, 0.25) is 0 Å². The fourth-order valence-electron chi connectivity index (χ4n) is 2.86. The molecule has 0 amide bonds. The van der Waals surface area contributed by atoms with E-state index in [1.165, 1.54) is 12.1 Å². The van der Waals surface area contributed by atoms with Crippen LogP contribution >= 0.6 is 0 Å². The Labute approximate surface area is 122 Å². The van der Waals surface area contributed by atoms with Gasteiger partial charge in [-0.1, -0.05) is 36.4 Å². The molecule has 2 aromatic rings. The first-order valence-electron chi connectivity index (χ1n) is 6.91. The van der Waals surface area contributed by atoms with Crippen molar-refractivity contribution in [3.8, 4) is 0 Å². The van der Waals surface area contributed by atoms with Gasteiger partial charge in [0.2, 0.25) is 0 Å². The van der Waals surface area contributed by atoms with E-state index in [-0.39, 0.29) is 5.82 Å². The van der Waals surface area contributed by atoms with Crippen LogP contribution in [-0.2, 0) is 24.3 Å². The molecule has 0 spiro atoms. The highest BCUT2D eigenvalue weighted by molar-refractivity contribution is 5.74. The zero-order valence-corrected chi connectivity index (χ0v) is 11.5. The number of halogens is 1. The average molecular weight is 285 g/mol. The van der Waals surface area contributed by atoms with Crippen molar-refractivity contribution >= 4 is 5.97 Å². The van der Waals surface area contributed by atoms with E-state index in [1.54, 1.807) is 6.07 Å². The number of benzene rings is 2. The number of carbonyl (C=O) groups is 1. The lowest BCUT2D eigenvalue weighted by Crippen LogP contribution is -2.45. The van der Waals surface area contributed by atoms with Gasteiger partial charge in [0, 0.05) is 13.1 Å². The summed E-state index contributed by atoms with van der Waals surface area (Å²) in [5.74, 6) is -1.13. The Bertz CT molecular complexity index is 671. The first-order chi connectivity index (χ1) is 10.1. The molecule has 108 valence electrons. The molecule has 21 heavy (non-hydrogen) atoms. The van der Waals surface area contributed by atoms with E-state index in [1.807, 2.05) is 35.2 Å². The summed E-state index contributed by atoms with van der Waals surface area (Å²) in [6.45, 7) is 1.01. The normalized spacial score (nSPS) is 18.2. The van der Waals surface area contributed by atoms with Crippen molar-refractivity contribution in [3.05, 3.63) is 71.0 Å². The molecule has 3 nitrogen and oxygen atoms in total. The number of fused-ring (bicyclic) bond motifs is 1. The summed E-state index contributed by atoms with van der Waals surface area (Å²) in [5.41, 5.74) is 3.02. The van der Waals surface area contributed by atoms with Crippen molar-refractivity contribution in [3.63, 3.8) is 0 Å². The second-order valence-corrected chi connectivity index (χ2v) is 5.36. The molecule has 0 saturated heterocycles. The highest BCUT2D eigenvalue weighted by atomic mass is 19.1. The van der Waals surface area contributed by atoms with Gasteiger partial charge in [-0.05, 0) is 35.2 Å². The minimum atomic E-state index is -0.832. The van der Waals surface area contributed by atoms with Gasteiger partial charge in [0.1, 0.15) is 11.9 Å². The van der Waals surface area contributed by atoms with Gasteiger partial charge < -0.3 is 5.11 Å².